The van der Waals surface area contributed by atoms with Gasteiger partial charge in [-0.05, 0) is 64.2 Å². The Balaban J connectivity index is 1.96. The molecule has 58 heavy (non-hydrogen) atoms. The first kappa shape index (κ1) is 51.8. The lowest BCUT2D eigenvalue weighted by molar-refractivity contribution is -0.359. The summed E-state index contributed by atoms with van der Waals surface area (Å²) in [6.07, 6.45) is 18.6. The van der Waals surface area contributed by atoms with E-state index in [4.69, 9.17) is 18.9 Å². The molecular formula is C44H75NO13. The van der Waals surface area contributed by atoms with Gasteiger partial charge in [0.25, 0.3) is 0 Å². The molecular weight excluding hydrogens is 750 g/mol. The van der Waals surface area contributed by atoms with Gasteiger partial charge >= 0.3 is 0 Å². The molecule has 14 heteroatoms. The average Bonchev–Trinajstić information content (AvgIpc) is 3.22. The second-order valence-corrected chi connectivity index (χ2v) is 15.1. The number of amides is 1. The minimum absolute atomic E-state index is 0.235. The van der Waals surface area contributed by atoms with Crippen LogP contribution < -0.4 is 5.32 Å². The van der Waals surface area contributed by atoms with Gasteiger partial charge in [-0.1, -0.05) is 107 Å². The molecule has 12 atom stereocenters. The molecule has 0 aromatic rings. The molecule has 0 bridgehead atoms. The number of rotatable bonds is 30. The topological polar surface area (TPSA) is 228 Å². The van der Waals surface area contributed by atoms with Crippen molar-refractivity contribution in [2.24, 2.45) is 0 Å². The predicted octanol–water partition coefficient (Wildman–Crippen LogP) is 3.54. The molecule has 12 unspecified atom stereocenters. The lowest BCUT2D eigenvalue weighted by Gasteiger charge is -2.46. The third-order valence-corrected chi connectivity index (χ3v) is 10.2. The Morgan fingerprint density at radius 1 is 0.638 bits per heavy atom. The Morgan fingerprint density at radius 3 is 1.88 bits per heavy atom. The van der Waals surface area contributed by atoms with Gasteiger partial charge in [-0.25, -0.2) is 0 Å². The number of allylic oxidation sites excluding steroid dienone is 9. The van der Waals surface area contributed by atoms with E-state index in [0.717, 1.165) is 51.4 Å². The summed E-state index contributed by atoms with van der Waals surface area (Å²) in [7, 11) is 0. The van der Waals surface area contributed by atoms with Crippen LogP contribution in [0.1, 0.15) is 117 Å². The molecule has 0 spiro atoms. The first-order valence-electron chi connectivity index (χ1n) is 21.5. The molecule has 2 aliphatic rings. The van der Waals surface area contributed by atoms with E-state index in [9.17, 15) is 45.6 Å². The second-order valence-electron chi connectivity index (χ2n) is 15.1. The van der Waals surface area contributed by atoms with Crippen LogP contribution in [0.4, 0.5) is 0 Å². The van der Waals surface area contributed by atoms with E-state index in [1.807, 2.05) is 6.08 Å². The van der Waals surface area contributed by atoms with Crippen molar-refractivity contribution in [1.82, 2.24) is 5.32 Å². The summed E-state index contributed by atoms with van der Waals surface area (Å²) in [6, 6.07) is -0.945. The van der Waals surface area contributed by atoms with Crippen molar-refractivity contribution in [3.63, 3.8) is 0 Å². The summed E-state index contributed by atoms with van der Waals surface area (Å²) in [6.45, 7) is 2.55. The summed E-state index contributed by atoms with van der Waals surface area (Å²) >= 11 is 0. The van der Waals surface area contributed by atoms with Crippen molar-refractivity contribution in [3.05, 3.63) is 60.8 Å². The highest BCUT2D eigenvalue weighted by molar-refractivity contribution is 5.76. The summed E-state index contributed by atoms with van der Waals surface area (Å²) in [4.78, 5) is 13.0. The first-order chi connectivity index (χ1) is 28.1. The van der Waals surface area contributed by atoms with Crippen LogP contribution in [0.2, 0.25) is 0 Å². The fourth-order valence-electron chi connectivity index (χ4n) is 6.61. The molecule has 1 amide bonds. The van der Waals surface area contributed by atoms with E-state index in [1.165, 1.54) is 32.1 Å². The normalized spacial score (nSPS) is 29.4. The zero-order valence-corrected chi connectivity index (χ0v) is 34.8. The second kappa shape index (κ2) is 31.5. The van der Waals surface area contributed by atoms with Crippen LogP contribution in [0, 0.1) is 0 Å². The smallest absolute Gasteiger partial charge is 0.220 e. The van der Waals surface area contributed by atoms with Crippen molar-refractivity contribution in [2.75, 3.05) is 19.8 Å². The van der Waals surface area contributed by atoms with Gasteiger partial charge in [0.05, 0.1) is 32.0 Å². The summed E-state index contributed by atoms with van der Waals surface area (Å²) < 4.78 is 22.5. The van der Waals surface area contributed by atoms with Crippen LogP contribution in [-0.2, 0) is 23.7 Å². The minimum atomic E-state index is -1.79. The minimum Gasteiger partial charge on any atom is -0.394 e. The SMILES string of the molecule is CC/C=C\C/C=C\C/C=C\CCCCCC(=O)NC(COC1OC(CO)C(OC2OC(CO)C(O)C(O)C2O)C(O)C1O)C(O)/C=C/CC/C=C/CCCCCCC. The number of unbranched alkanes of at least 4 members (excludes halogenated alkanes) is 9. The van der Waals surface area contributed by atoms with Crippen molar-refractivity contribution in [3.8, 4) is 0 Å². The molecule has 0 radical (unpaired) electrons. The lowest BCUT2D eigenvalue weighted by atomic mass is 9.97. The number of aliphatic hydroxyl groups excluding tert-OH is 8. The predicted molar refractivity (Wildman–Crippen MR) is 221 cm³/mol. The monoisotopic (exact) mass is 826 g/mol. The number of ether oxygens (including phenoxy) is 4. The molecule has 2 aliphatic heterocycles. The average molecular weight is 826 g/mol. The Hall–Kier alpha value is -2.31. The van der Waals surface area contributed by atoms with Crippen molar-refractivity contribution < 1.29 is 64.6 Å². The Labute approximate surface area is 345 Å². The van der Waals surface area contributed by atoms with E-state index in [2.05, 4.69) is 67.8 Å². The number of nitrogens with one attached hydrogen (secondary N) is 1. The Bertz CT molecular complexity index is 1210. The van der Waals surface area contributed by atoms with Crippen molar-refractivity contribution >= 4 is 5.91 Å². The van der Waals surface area contributed by atoms with Crippen molar-refractivity contribution in [2.45, 2.75) is 190 Å². The van der Waals surface area contributed by atoms with Gasteiger partial charge in [0.15, 0.2) is 12.6 Å². The van der Waals surface area contributed by atoms with Gasteiger partial charge in [-0.3, -0.25) is 4.79 Å². The molecule has 0 aliphatic carbocycles. The summed E-state index contributed by atoms with van der Waals surface area (Å²) in [5.74, 6) is -0.285. The number of hydrogen-bond acceptors (Lipinski definition) is 13. The molecule has 2 fully saturated rings. The molecule has 0 aromatic heterocycles. The summed E-state index contributed by atoms with van der Waals surface area (Å²) in [5.41, 5.74) is 0. The van der Waals surface area contributed by atoms with Crippen LogP contribution in [0.3, 0.4) is 0 Å². The number of carbonyl (C=O) groups is 1. The molecule has 9 N–H and O–H groups in total. The molecule has 0 aromatic carbocycles. The molecule has 2 saturated heterocycles. The zero-order valence-electron chi connectivity index (χ0n) is 34.8. The van der Waals surface area contributed by atoms with E-state index < -0.39 is 86.8 Å². The quantitative estimate of drug-likeness (QED) is 0.0374. The van der Waals surface area contributed by atoms with E-state index in [1.54, 1.807) is 6.08 Å². The first-order valence-corrected chi connectivity index (χ1v) is 21.5. The van der Waals surface area contributed by atoms with Gasteiger partial charge in [0.1, 0.15) is 48.8 Å². The highest BCUT2D eigenvalue weighted by atomic mass is 16.7. The number of hydrogen-bond donors (Lipinski definition) is 9. The maximum absolute atomic E-state index is 13.0. The third-order valence-electron chi connectivity index (χ3n) is 10.2. The van der Waals surface area contributed by atoms with Crippen LogP contribution in [0.25, 0.3) is 0 Å². The Kier molecular flexibility index (Phi) is 28.2. The molecule has 14 nitrogen and oxygen atoms in total. The van der Waals surface area contributed by atoms with Crippen molar-refractivity contribution in [1.29, 1.82) is 0 Å². The maximum atomic E-state index is 13.0. The van der Waals surface area contributed by atoms with E-state index >= 15 is 0 Å². The zero-order chi connectivity index (χ0) is 42.5. The van der Waals surface area contributed by atoms with Gasteiger partial charge < -0.3 is 65.1 Å². The molecule has 0 saturated carbocycles. The largest absolute Gasteiger partial charge is 0.394 e. The lowest BCUT2D eigenvalue weighted by Crippen LogP contribution is -2.65. The van der Waals surface area contributed by atoms with Gasteiger partial charge in [-0.15, -0.1) is 0 Å². The standard InChI is InChI=1S/C44H75NO13/c1-3-5-7-9-11-13-15-16-18-20-22-24-26-28-36(49)45-32(33(48)27-25-23-21-19-17-14-12-10-8-6-4-2)31-55-43-41(54)39(52)42(35(30-47)57-43)58-44-40(53)38(51)37(50)34(29-46)56-44/h5,7,11,13,16-19,25,27,32-35,37-44,46-48,50-54H,3-4,6,8-10,12,14-15,20-24,26,28-31H2,1-2H3,(H,45,49)/b7-5-,13-11-,18-16-,19-17+,27-25+. The highest BCUT2D eigenvalue weighted by Crippen LogP contribution is 2.29. The molecule has 334 valence electrons. The van der Waals surface area contributed by atoms with E-state index in [0.29, 0.717) is 12.8 Å². The van der Waals surface area contributed by atoms with Crippen LogP contribution in [0.15, 0.2) is 60.8 Å². The van der Waals surface area contributed by atoms with Crippen LogP contribution in [-0.4, -0.2) is 140 Å². The number of aliphatic hydroxyl groups is 8. The highest BCUT2D eigenvalue weighted by Gasteiger charge is 2.50. The molecule has 2 heterocycles. The van der Waals surface area contributed by atoms with E-state index in [-0.39, 0.29) is 18.9 Å². The van der Waals surface area contributed by atoms with Gasteiger partial charge in [0.2, 0.25) is 5.91 Å². The Morgan fingerprint density at radius 2 is 1.21 bits per heavy atom. The number of carbonyl (C=O) groups excluding carboxylic acids is 1. The fraction of sp³-hybridized carbons (Fsp3) is 0.750. The summed E-state index contributed by atoms with van der Waals surface area (Å²) in [5, 5.41) is 86.2. The third kappa shape index (κ3) is 19.8. The van der Waals surface area contributed by atoms with Gasteiger partial charge in [-0.2, -0.15) is 0 Å². The molecule has 2 rings (SSSR count). The van der Waals surface area contributed by atoms with Gasteiger partial charge in [0, 0.05) is 6.42 Å². The fourth-order valence-corrected chi connectivity index (χ4v) is 6.61. The van der Waals surface area contributed by atoms with Crippen LogP contribution in [0.5, 0.6) is 0 Å². The maximum Gasteiger partial charge on any atom is 0.220 e. The van der Waals surface area contributed by atoms with Crippen LogP contribution >= 0.6 is 0 Å².